The SMILES string of the molecule is Cc1cc(=O)oc2c(C)c(OCC(=O)N3CCN(C(=O)[C@H]4COc5ccccc5O4)CC3)ccc12. The second kappa shape index (κ2) is 9.32. The molecule has 1 atom stereocenters. The highest BCUT2D eigenvalue weighted by Gasteiger charge is 2.33. The number of hydrogen-bond donors (Lipinski definition) is 0. The molecule has 182 valence electrons. The minimum Gasteiger partial charge on any atom is -0.485 e. The van der Waals surface area contributed by atoms with Crippen molar-refractivity contribution in [1.82, 2.24) is 9.80 Å². The van der Waals surface area contributed by atoms with Gasteiger partial charge < -0.3 is 28.4 Å². The van der Waals surface area contributed by atoms with Crippen LogP contribution in [0.5, 0.6) is 17.2 Å². The molecule has 0 bridgehead atoms. The minimum absolute atomic E-state index is 0.146. The molecule has 1 aromatic heterocycles. The number of piperazine rings is 1. The Morgan fingerprint density at radius 1 is 1.00 bits per heavy atom. The summed E-state index contributed by atoms with van der Waals surface area (Å²) in [4.78, 5) is 40.8. The molecule has 5 rings (SSSR count). The van der Waals surface area contributed by atoms with Crippen LogP contribution in [0.3, 0.4) is 0 Å². The van der Waals surface area contributed by atoms with Crippen molar-refractivity contribution in [2.45, 2.75) is 20.0 Å². The van der Waals surface area contributed by atoms with Crippen molar-refractivity contribution in [3.05, 3.63) is 64.0 Å². The summed E-state index contributed by atoms with van der Waals surface area (Å²) in [5.74, 6) is 1.36. The van der Waals surface area contributed by atoms with Crippen molar-refractivity contribution in [2.75, 3.05) is 39.4 Å². The summed E-state index contributed by atoms with van der Waals surface area (Å²) in [7, 11) is 0. The van der Waals surface area contributed by atoms with Crippen LogP contribution < -0.4 is 19.8 Å². The lowest BCUT2D eigenvalue weighted by Crippen LogP contribution is -2.55. The summed E-state index contributed by atoms with van der Waals surface area (Å²) in [6.45, 7) is 5.28. The highest BCUT2D eigenvalue weighted by atomic mass is 16.6. The van der Waals surface area contributed by atoms with Gasteiger partial charge in [0.2, 0.25) is 6.10 Å². The van der Waals surface area contributed by atoms with Gasteiger partial charge in [-0.25, -0.2) is 4.79 Å². The third-order valence-electron chi connectivity index (χ3n) is 6.40. The molecule has 3 aromatic rings. The Morgan fingerprint density at radius 2 is 1.71 bits per heavy atom. The molecule has 1 saturated heterocycles. The number of rotatable bonds is 4. The van der Waals surface area contributed by atoms with Gasteiger partial charge in [0.1, 0.15) is 17.9 Å². The van der Waals surface area contributed by atoms with Crippen molar-refractivity contribution in [2.24, 2.45) is 0 Å². The Hall–Kier alpha value is -4.01. The zero-order valence-electron chi connectivity index (χ0n) is 19.6. The Balaban J connectivity index is 1.15. The van der Waals surface area contributed by atoms with Crippen LogP contribution in [-0.4, -0.2) is 67.1 Å². The van der Waals surface area contributed by atoms with Gasteiger partial charge in [-0.05, 0) is 43.7 Å². The summed E-state index contributed by atoms with van der Waals surface area (Å²) in [5, 5.41) is 0.831. The summed E-state index contributed by atoms with van der Waals surface area (Å²) in [6, 6.07) is 12.3. The van der Waals surface area contributed by atoms with E-state index in [-0.39, 0.29) is 25.0 Å². The smallest absolute Gasteiger partial charge is 0.336 e. The monoisotopic (exact) mass is 478 g/mol. The van der Waals surface area contributed by atoms with Gasteiger partial charge in [0, 0.05) is 43.2 Å². The van der Waals surface area contributed by atoms with E-state index in [9.17, 15) is 14.4 Å². The Bertz CT molecular complexity index is 1340. The molecule has 2 aliphatic heterocycles. The van der Waals surface area contributed by atoms with E-state index in [1.54, 1.807) is 34.9 Å². The molecule has 0 aliphatic carbocycles. The van der Waals surface area contributed by atoms with E-state index in [1.165, 1.54) is 6.07 Å². The van der Waals surface area contributed by atoms with E-state index >= 15 is 0 Å². The molecule has 2 aliphatic rings. The number of carbonyl (C=O) groups is 2. The summed E-state index contributed by atoms with van der Waals surface area (Å²) in [6.07, 6.45) is -0.699. The van der Waals surface area contributed by atoms with Gasteiger partial charge in [0.15, 0.2) is 18.1 Å². The van der Waals surface area contributed by atoms with E-state index < -0.39 is 11.7 Å². The van der Waals surface area contributed by atoms with Crippen molar-refractivity contribution in [3.63, 3.8) is 0 Å². The Kier molecular flexibility index (Phi) is 6.07. The first-order chi connectivity index (χ1) is 16.9. The Morgan fingerprint density at radius 3 is 2.49 bits per heavy atom. The fourth-order valence-corrected chi connectivity index (χ4v) is 4.41. The predicted octanol–water partition coefficient (Wildman–Crippen LogP) is 2.30. The summed E-state index contributed by atoms with van der Waals surface area (Å²) < 4.78 is 22.6. The second-order valence-electron chi connectivity index (χ2n) is 8.67. The molecule has 2 amide bonds. The normalized spacial score (nSPS) is 17.4. The van der Waals surface area contributed by atoms with Gasteiger partial charge in [-0.2, -0.15) is 0 Å². The van der Waals surface area contributed by atoms with Gasteiger partial charge in [-0.1, -0.05) is 12.1 Å². The number of benzene rings is 2. The zero-order valence-corrected chi connectivity index (χ0v) is 19.6. The number of nitrogens with zero attached hydrogens (tertiary/aromatic N) is 2. The quantitative estimate of drug-likeness (QED) is 0.531. The van der Waals surface area contributed by atoms with Gasteiger partial charge in [0.25, 0.3) is 11.8 Å². The van der Waals surface area contributed by atoms with Crippen molar-refractivity contribution in [1.29, 1.82) is 0 Å². The van der Waals surface area contributed by atoms with Crippen LogP contribution in [-0.2, 0) is 9.59 Å². The molecule has 0 spiro atoms. The number of ether oxygens (including phenoxy) is 3. The molecule has 2 aromatic carbocycles. The minimum atomic E-state index is -0.699. The summed E-state index contributed by atoms with van der Waals surface area (Å²) in [5.41, 5.74) is 1.53. The number of amides is 2. The van der Waals surface area contributed by atoms with Gasteiger partial charge in [-0.15, -0.1) is 0 Å². The fraction of sp³-hybridized carbons (Fsp3) is 0.346. The third kappa shape index (κ3) is 4.53. The third-order valence-corrected chi connectivity index (χ3v) is 6.40. The molecular weight excluding hydrogens is 452 g/mol. The second-order valence-corrected chi connectivity index (χ2v) is 8.67. The molecular formula is C26H26N2O7. The average molecular weight is 479 g/mol. The van der Waals surface area contributed by atoms with Crippen LogP contribution >= 0.6 is 0 Å². The maximum atomic E-state index is 12.9. The van der Waals surface area contributed by atoms with Gasteiger partial charge in [-0.3, -0.25) is 9.59 Å². The molecule has 0 saturated carbocycles. The average Bonchev–Trinajstić information content (AvgIpc) is 2.88. The van der Waals surface area contributed by atoms with Gasteiger partial charge in [0.05, 0.1) is 0 Å². The zero-order chi connectivity index (χ0) is 24.5. The largest absolute Gasteiger partial charge is 0.485 e. The fourth-order valence-electron chi connectivity index (χ4n) is 4.41. The number of carbonyl (C=O) groups excluding carboxylic acids is 2. The first-order valence-electron chi connectivity index (χ1n) is 11.5. The standard InChI is InChI=1S/C26H26N2O7/c1-16-13-24(30)35-25-17(2)19(8-7-18(16)25)33-15-23(29)27-9-11-28(12-10-27)26(31)22-14-32-20-5-3-4-6-21(20)34-22/h3-8,13,22H,9-12,14-15H2,1-2H3/t22-/m1/s1. The van der Waals surface area contributed by atoms with Crippen molar-refractivity contribution >= 4 is 22.8 Å². The van der Waals surface area contributed by atoms with Crippen LogP contribution in [0.4, 0.5) is 0 Å². The molecule has 9 heteroatoms. The molecule has 9 nitrogen and oxygen atoms in total. The molecule has 3 heterocycles. The lowest BCUT2D eigenvalue weighted by Gasteiger charge is -2.37. The van der Waals surface area contributed by atoms with E-state index in [0.717, 1.165) is 10.9 Å². The van der Waals surface area contributed by atoms with Crippen LogP contribution in [0.1, 0.15) is 11.1 Å². The maximum absolute atomic E-state index is 12.9. The molecule has 0 radical (unpaired) electrons. The highest BCUT2D eigenvalue weighted by molar-refractivity contribution is 5.85. The molecule has 1 fully saturated rings. The highest BCUT2D eigenvalue weighted by Crippen LogP contribution is 2.31. The number of fused-ring (bicyclic) bond motifs is 2. The van der Waals surface area contributed by atoms with Crippen molar-refractivity contribution < 1.29 is 28.2 Å². The topological polar surface area (TPSA) is 98.5 Å². The number of aryl methyl sites for hydroxylation is 2. The number of para-hydroxylation sites is 2. The van der Waals surface area contributed by atoms with E-state index in [1.807, 2.05) is 25.1 Å². The van der Waals surface area contributed by atoms with E-state index in [2.05, 4.69) is 0 Å². The van der Waals surface area contributed by atoms with Crippen LogP contribution in [0.15, 0.2) is 51.7 Å². The predicted molar refractivity (Wildman–Crippen MR) is 127 cm³/mol. The van der Waals surface area contributed by atoms with E-state index in [4.69, 9.17) is 18.6 Å². The van der Waals surface area contributed by atoms with E-state index in [0.29, 0.717) is 54.6 Å². The summed E-state index contributed by atoms with van der Waals surface area (Å²) >= 11 is 0. The molecule has 35 heavy (non-hydrogen) atoms. The maximum Gasteiger partial charge on any atom is 0.336 e. The first kappa shape index (κ1) is 22.8. The number of hydrogen-bond acceptors (Lipinski definition) is 7. The van der Waals surface area contributed by atoms with Gasteiger partial charge >= 0.3 is 5.63 Å². The lowest BCUT2D eigenvalue weighted by atomic mass is 10.1. The molecule has 0 unspecified atom stereocenters. The van der Waals surface area contributed by atoms with Crippen LogP contribution in [0, 0.1) is 13.8 Å². The lowest BCUT2D eigenvalue weighted by molar-refractivity contribution is -0.146. The first-order valence-corrected chi connectivity index (χ1v) is 11.5. The van der Waals surface area contributed by atoms with Crippen molar-refractivity contribution in [3.8, 4) is 17.2 Å². The van der Waals surface area contributed by atoms with Crippen LogP contribution in [0.2, 0.25) is 0 Å². The van der Waals surface area contributed by atoms with Crippen LogP contribution in [0.25, 0.3) is 11.0 Å². The Labute approximate surface area is 201 Å². The molecule has 0 N–H and O–H groups in total.